The average molecular weight is 430 g/mol. The van der Waals surface area contributed by atoms with Gasteiger partial charge in [0.1, 0.15) is 5.71 Å². The van der Waals surface area contributed by atoms with Crippen LogP contribution in [0, 0.1) is 0 Å². The van der Waals surface area contributed by atoms with Gasteiger partial charge >= 0.3 is 5.38 Å². The number of hydrogen-bond donors (Lipinski definition) is 2. The lowest BCUT2D eigenvalue weighted by Gasteiger charge is -2.14. The number of benzene rings is 1. The summed E-state index contributed by atoms with van der Waals surface area (Å²) < 4.78 is 26.8. The first kappa shape index (κ1) is 21.9. The number of aliphatic hydroxyl groups is 1. The second-order valence-electron chi connectivity index (χ2n) is 4.47. The topological polar surface area (TPSA) is 75.7 Å². The number of carbonyl (C=O) groups excluding carboxylic acids is 1. The fourth-order valence-corrected chi connectivity index (χ4v) is 3.47. The lowest BCUT2D eigenvalue weighted by atomic mass is 10.2. The highest BCUT2D eigenvalue weighted by molar-refractivity contribution is 8.03. The van der Waals surface area contributed by atoms with E-state index in [9.17, 15) is 18.7 Å². The number of nitrogens with two attached hydrogens (primary N) is 1. The Labute approximate surface area is 162 Å². The molecule has 0 radical (unpaired) electrons. The van der Waals surface area contributed by atoms with Crippen molar-refractivity contribution >= 4 is 58.6 Å². The number of aliphatic imine (C=N–C) groups is 1. The van der Waals surface area contributed by atoms with Crippen LogP contribution in [-0.4, -0.2) is 29.5 Å². The highest BCUT2D eigenvalue weighted by Crippen LogP contribution is 2.42. The number of aldehydes is 1. The number of halogens is 5. The lowest BCUT2D eigenvalue weighted by molar-refractivity contribution is -0.104. The van der Waals surface area contributed by atoms with E-state index >= 15 is 0 Å². The Morgan fingerprint density at radius 2 is 2.08 bits per heavy atom. The summed E-state index contributed by atoms with van der Waals surface area (Å²) in [5, 5.41) is 5.87. The molecule has 1 rings (SSSR count). The third-order valence-corrected chi connectivity index (χ3v) is 5.28. The van der Waals surface area contributed by atoms with Crippen molar-refractivity contribution in [1.82, 2.24) is 0 Å². The van der Waals surface area contributed by atoms with Crippen LogP contribution in [0.25, 0.3) is 0 Å². The Kier molecular flexibility index (Phi) is 8.37. The minimum absolute atomic E-state index is 0.0728. The second kappa shape index (κ2) is 9.54. The molecule has 0 saturated carbocycles. The van der Waals surface area contributed by atoms with Crippen LogP contribution in [0.1, 0.15) is 5.56 Å². The van der Waals surface area contributed by atoms with Crippen molar-refractivity contribution < 1.29 is 18.7 Å². The SMILES string of the molecule is CN=C(/C=C(Sc1c(Cl)ccc(CN)c1Cl)\C(C=O)=C/O)C(F)(F)Cl. The smallest absolute Gasteiger partial charge is 0.364 e. The van der Waals surface area contributed by atoms with Crippen molar-refractivity contribution in [2.45, 2.75) is 16.8 Å². The molecule has 0 aliphatic rings. The summed E-state index contributed by atoms with van der Waals surface area (Å²) in [4.78, 5) is 14.8. The predicted molar refractivity (Wildman–Crippen MR) is 99.2 cm³/mol. The van der Waals surface area contributed by atoms with Gasteiger partial charge in [-0.1, -0.05) is 41.0 Å². The molecule has 3 N–H and O–H groups in total. The number of allylic oxidation sites excluding steroid dienone is 2. The third-order valence-electron chi connectivity index (χ3n) is 2.91. The van der Waals surface area contributed by atoms with Gasteiger partial charge in [0, 0.05) is 23.4 Å². The molecule has 0 unspecified atom stereocenters. The Morgan fingerprint density at radius 3 is 2.52 bits per heavy atom. The van der Waals surface area contributed by atoms with Gasteiger partial charge in [-0.3, -0.25) is 9.79 Å². The molecule has 0 aromatic heterocycles. The Balaban J connectivity index is 3.51. The highest BCUT2D eigenvalue weighted by atomic mass is 35.5. The first-order valence-corrected chi connectivity index (χ1v) is 8.55. The van der Waals surface area contributed by atoms with Crippen LogP contribution in [0.15, 0.2) is 44.8 Å². The van der Waals surface area contributed by atoms with E-state index < -0.39 is 11.1 Å². The van der Waals surface area contributed by atoms with E-state index in [-0.39, 0.29) is 38.2 Å². The largest absolute Gasteiger partial charge is 0.515 e. The number of aliphatic hydroxyl groups excluding tert-OH is 1. The van der Waals surface area contributed by atoms with E-state index in [0.29, 0.717) is 11.8 Å². The number of thioether (sulfide) groups is 1. The normalized spacial score (nSPS) is 14.0. The van der Waals surface area contributed by atoms with Crippen LogP contribution >= 0.6 is 46.6 Å². The second-order valence-corrected chi connectivity index (χ2v) is 6.79. The van der Waals surface area contributed by atoms with E-state index in [1.165, 1.54) is 6.07 Å². The maximum Gasteiger partial charge on any atom is 0.364 e. The van der Waals surface area contributed by atoms with Crippen molar-refractivity contribution in [3.05, 3.63) is 50.6 Å². The molecular weight excluding hydrogens is 417 g/mol. The molecular formula is C15H13Cl3F2N2O2S. The van der Waals surface area contributed by atoms with E-state index in [1.54, 1.807) is 6.07 Å². The van der Waals surface area contributed by atoms with E-state index in [1.807, 2.05) is 0 Å². The fraction of sp³-hybridized carbons (Fsp3) is 0.200. The first-order valence-electron chi connectivity index (χ1n) is 6.60. The van der Waals surface area contributed by atoms with Crippen molar-refractivity contribution in [3.63, 3.8) is 0 Å². The summed E-state index contributed by atoms with van der Waals surface area (Å²) in [5.41, 5.74) is 5.06. The van der Waals surface area contributed by atoms with Gasteiger partial charge in [-0.25, -0.2) is 0 Å². The molecule has 1 aromatic carbocycles. The molecule has 10 heteroatoms. The van der Waals surface area contributed by atoms with Gasteiger partial charge in [0.05, 0.1) is 21.9 Å². The van der Waals surface area contributed by atoms with Crippen LogP contribution in [0.5, 0.6) is 0 Å². The minimum Gasteiger partial charge on any atom is -0.515 e. The van der Waals surface area contributed by atoms with Gasteiger partial charge in [-0.2, -0.15) is 8.78 Å². The Bertz CT molecular complexity index is 747. The lowest BCUT2D eigenvalue weighted by Crippen LogP contribution is -2.19. The zero-order chi connectivity index (χ0) is 19.2. The number of hydrogen-bond acceptors (Lipinski definition) is 5. The van der Waals surface area contributed by atoms with E-state index in [4.69, 9.17) is 40.5 Å². The van der Waals surface area contributed by atoms with Crippen LogP contribution in [-0.2, 0) is 11.3 Å². The zero-order valence-electron chi connectivity index (χ0n) is 12.8. The summed E-state index contributed by atoms with van der Waals surface area (Å²) >= 11 is 18.1. The van der Waals surface area contributed by atoms with Crippen molar-refractivity contribution in [2.75, 3.05) is 7.05 Å². The Hall–Kier alpha value is -1.12. The van der Waals surface area contributed by atoms with Gasteiger partial charge in [0.2, 0.25) is 0 Å². The maximum absolute atomic E-state index is 13.4. The summed E-state index contributed by atoms with van der Waals surface area (Å²) in [5.74, 6) is 0. The predicted octanol–water partition coefficient (Wildman–Crippen LogP) is 4.97. The molecule has 0 heterocycles. The van der Waals surface area contributed by atoms with Crippen molar-refractivity contribution in [2.24, 2.45) is 10.7 Å². The fourth-order valence-electron chi connectivity index (χ4n) is 1.66. The number of carbonyl (C=O) groups is 1. The van der Waals surface area contributed by atoms with Crippen molar-refractivity contribution in [3.8, 4) is 0 Å². The summed E-state index contributed by atoms with van der Waals surface area (Å²) in [6.07, 6.45) is 1.63. The third kappa shape index (κ3) is 5.69. The van der Waals surface area contributed by atoms with Gasteiger partial charge in [-0.05, 0) is 29.3 Å². The van der Waals surface area contributed by atoms with Gasteiger partial charge in [0.15, 0.2) is 6.29 Å². The molecule has 25 heavy (non-hydrogen) atoms. The standard InChI is InChI=1S/C15H13Cl3F2N2O2S/c1-22-12(15(18,19)20)4-11(9(6-23)7-24)25-14-10(16)3-2-8(5-21)13(14)17/h2-4,6-7,23H,5,21H2,1H3/b9-6-,11-4+,22-12?. The molecule has 0 fully saturated rings. The monoisotopic (exact) mass is 428 g/mol. The number of alkyl halides is 3. The van der Waals surface area contributed by atoms with Crippen molar-refractivity contribution in [1.29, 1.82) is 0 Å². The molecule has 1 aromatic rings. The summed E-state index contributed by atoms with van der Waals surface area (Å²) in [6.45, 7) is 0.125. The molecule has 0 atom stereocenters. The van der Waals surface area contributed by atoms with E-state index in [0.717, 1.165) is 24.9 Å². The quantitative estimate of drug-likeness (QED) is 0.122. The molecule has 0 saturated heterocycles. The van der Waals surface area contributed by atoms with Crippen LogP contribution < -0.4 is 5.73 Å². The zero-order valence-corrected chi connectivity index (χ0v) is 15.9. The Morgan fingerprint density at radius 1 is 1.44 bits per heavy atom. The average Bonchev–Trinajstić information content (AvgIpc) is 2.55. The maximum atomic E-state index is 13.4. The molecule has 0 spiro atoms. The molecule has 136 valence electrons. The van der Waals surface area contributed by atoms with E-state index in [2.05, 4.69) is 4.99 Å². The van der Waals surface area contributed by atoms with Crippen LogP contribution in [0.3, 0.4) is 0 Å². The minimum atomic E-state index is -3.77. The number of nitrogens with zero attached hydrogens (tertiary/aromatic N) is 1. The summed E-state index contributed by atoms with van der Waals surface area (Å²) in [7, 11) is 1.11. The molecule has 0 amide bonds. The van der Waals surface area contributed by atoms with Crippen LogP contribution in [0.2, 0.25) is 10.0 Å². The first-order chi connectivity index (χ1) is 11.7. The summed E-state index contributed by atoms with van der Waals surface area (Å²) in [6, 6.07) is 3.15. The molecule has 0 bridgehead atoms. The molecule has 0 aliphatic heterocycles. The highest BCUT2D eigenvalue weighted by Gasteiger charge is 2.31. The number of rotatable bonds is 7. The van der Waals surface area contributed by atoms with Gasteiger partial charge in [-0.15, -0.1) is 0 Å². The van der Waals surface area contributed by atoms with Gasteiger partial charge in [0.25, 0.3) is 0 Å². The molecule has 0 aliphatic carbocycles. The molecule has 4 nitrogen and oxygen atoms in total. The van der Waals surface area contributed by atoms with Gasteiger partial charge < -0.3 is 10.8 Å². The van der Waals surface area contributed by atoms with Crippen LogP contribution in [0.4, 0.5) is 8.78 Å².